The van der Waals surface area contributed by atoms with E-state index in [4.69, 9.17) is 14.2 Å². The topological polar surface area (TPSA) is 146 Å². The second kappa shape index (κ2) is 10.2. The highest BCUT2D eigenvalue weighted by atomic mass is 32.2. The molecule has 2 rings (SSSR count). The first kappa shape index (κ1) is 22.6. The number of rotatable bonds is 8. The van der Waals surface area contributed by atoms with Crippen LogP contribution in [0, 0.1) is 0 Å². The molecule has 1 aromatic heterocycles. The molecule has 11 nitrogen and oxygen atoms in total. The molecule has 0 bridgehead atoms. The highest BCUT2D eigenvalue weighted by Gasteiger charge is 2.21. The summed E-state index contributed by atoms with van der Waals surface area (Å²) in [4.78, 5) is 31.2. The molecular formula is C18H20N4O7S. The Bertz CT molecular complexity index is 1030. The molecule has 0 spiro atoms. The van der Waals surface area contributed by atoms with Gasteiger partial charge in [-0.15, -0.1) is 0 Å². The SMILES string of the molecule is CCOC(=O)/C=C/c1ccccc1S(=O)(=O)NC(=O)Nc1nc(OC)cc(OC)n1. The quantitative estimate of drug-likeness (QED) is 0.465. The summed E-state index contributed by atoms with van der Waals surface area (Å²) in [6, 6.07) is 6.09. The van der Waals surface area contributed by atoms with E-state index in [1.54, 1.807) is 13.0 Å². The van der Waals surface area contributed by atoms with Crippen LogP contribution in [0.1, 0.15) is 12.5 Å². The second-order valence-electron chi connectivity index (χ2n) is 5.46. The molecule has 0 atom stereocenters. The zero-order valence-corrected chi connectivity index (χ0v) is 17.2. The van der Waals surface area contributed by atoms with Gasteiger partial charge in [0, 0.05) is 6.08 Å². The predicted molar refractivity (Wildman–Crippen MR) is 107 cm³/mol. The number of nitrogens with zero attached hydrogens (tertiary/aromatic N) is 2. The van der Waals surface area contributed by atoms with Gasteiger partial charge in [0.25, 0.3) is 10.0 Å². The number of sulfonamides is 1. The molecule has 2 aromatic rings. The van der Waals surface area contributed by atoms with Crippen molar-refractivity contribution < 1.29 is 32.2 Å². The van der Waals surface area contributed by atoms with Gasteiger partial charge in [-0.25, -0.2) is 22.7 Å². The van der Waals surface area contributed by atoms with Gasteiger partial charge in [-0.2, -0.15) is 9.97 Å². The maximum atomic E-state index is 12.7. The van der Waals surface area contributed by atoms with Crippen LogP contribution in [-0.4, -0.2) is 51.2 Å². The summed E-state index contributed by atoms with van der Waals surface area (Å²) >= 11 is 0. The molecule has 2 N–H and O–H groups in total. The molecule has 0 aliphatic carbocycles. The van der Waals surface area contributed by atoms with E-state index in [1.165, 1.54) is 44.6 Å². The van der Waals surface area contributed by atoms with Crippen LogP contribution in [0.4, 0.5) is 10.7 Å². The average molecular weight is 436 g/mol. The number of hydrogen-bond acceptors (Lipinski definition) is 9. The minimum absolute atomic E-state index is 0.106. The number of methoxy groups -OCH3 is 2. The Morgan fingerprint density at radius 1 is 1.10 bits per heavy atom. The standard InChI is InChI=1S/C18H20N4O7S/c1-4-29-16(23)10-9-12-7-5-6-8-13(12)30(25,26)22-18(24)21-17-19-14(27-2)11-15(20-17)28-3/h5-11H,4H2,1-3H3,(H2,19,20,21,22,24)/b10-9+. The van der Waals surface area contributed by atoms with Crippen molar-refractivity contribution in [2.75, 3.05) is 26.1 Å². The maximum Gasteiger partial charge on any atom is 0.335 e. The van der Waals surface area contributed by atoms with E-state index in [0.717, 1.165) is 6.08 Å². The number of amides is 2. The van der Waals surface area contributed by atoms with E-state index in [2.05, 4.69) is 15.3 Å². The fraction of sp³-hybridized carbons (Fsp3) is 0.222. The lowest BCUT2D eigenvalue weighted by Crippen LogP contribution is -2.35. The van der Waals surface area contributed by atoms with Crippen LogP contribution >= 0.6 is 0 Å². The van der Waals surface area contributed by atoms with Crippen LogP contribution in [0.25, 0.3) is 6.08 Å². The predicted octanol–water partition coefficient (Wildman–Crippen LogP) is 1.58. The van der Waals surface area contributed by atoms with Crippen molar-refractivity contribution in [3.05, 3.63) is 42.0 Å². The zero-order valence-electron chi connectivity index (χ0n) is 16.4. The van der Waals surface area contributed by atoms with Gasteiger partial charge >= 0.3 is 12.0 Å². The summed E-state index contributed by atoms with van der Waals surface area (Å²) in [7, 11) is -1.57. The number of carbonyl (C=O) groups excluding carboxylic acids is 2. The average Bonchev–Trinajstić information content (AvgIpc) is 2.71. The van der Waals surface area contributed by atoms with E-state index in [0.29, 0.717) is 0 Å². The van der Waals surface area contributed by atoms with Crippen molar-refractivity contribution in [3.8, 4) is 11.8 Å². The van der Waals surface area contributed by atoms with Crippen LogP contribution in [0.15, 0.2) is 41.3 Å². The van der Waals surface area contributed by atoms with Crippen LogP contribution in [0.3, 0.4) is 0 Å². The van der Waals surface area contributed by atoms with E-state index < -0.39 is 22.0 Å². The number of carbonyl (C=O) groups is 2. The monoisotopic (exact) mass is 436 g/mol. The second-order valence-corrected chi connectivity index (χ2v) is 7.11. The fourth-order valence-corrected chi connectivity index (χ4v) is 3.29. The van der Waals surface area contributed by atoms with Gasteiger partial charge in [0.2, 0.25) is 17.7 Å². The van der Waals surface area contributed by atoms with Crippen LogP contribution < -0.4 is 19.5 Å². The van der Waals surface area contributed by atoms with Crippen LogP contribution in [0.2, 0.25) is 0 Å². The Morgan fingerprint density at radius 2 is 1.73 bits per heavy atom. The molecular weight excluding hydrogens is 416 g/mol. The Kier molecular flexibility index (Phi) is 7.69. The molecule has 12 heteroatoms. The first-order valence-corrected chi connectivity index (χ1v) is 10.0. The summed E-state index contributed by atoms with van der Waals surface area (Å²) in [5.41, 5.74) is 0.185. The number of hydrogen-bond donors (Lipinski definition) is 2. The van der Waals surface area contributed by atoms with Crippen molar-refractivity contribution in [1.82, 2.24) is 14.7 Å². The van der Waals surface area contributed by atoms with Gasteiger partial charge in [0.1, 0.15) is 0 Å². The Hall–Kier alpha value is -3.67. The van der Waals surface area contributed by atoms with Crippen molar-refractivity contribution in [1.29, 1.82) is 0 Å². The lowest BCUT2D eigenvalue weighted by atomic mass is 10.2. The summed E-state index contributed by atoms with van der Waals surface area (Å²) in [6.07, 6.45) is 2.37. The molecule has 0 aliphatic heterocycles. The largest absolute Gasteiger partial charge is 0.481 e. The van der Waals surface area contributed by atoms with Crippen molar-refractivity contribution in [3.63, 3.8) is 0 Å². The molecule has 0 radical (unpaired) electrons. The number of anilines is 1. The van der Waals surface area contributed by atoms with E-state index >= 15 is 0 Å². The van der Waals surface area contributed by atoms with Gasteiger partial charge in [-0.05, 0) is 24.6 Å². The molecule has 2 amide bonds. The van der Waals surface area contributed by atoms with E-state index in [-0.39, 0.29) is 34.8 Å². The third-order valence-corrected chi connectivity index (χ3v) is 4.85. The van der Waals surface area contributed by atoms with E-state index in [9.17, 15) is 18.0 Å². The zero-order chi connectivity index (χ0) is 22.1. The van der Waals surface area contributed by atoms with Crippen molar-refractivity contribution in [2.45, 2.75) is 11.8 Å². The summed E-state index contributed by atoms with van der Waals surface area (Å²) in [5.74, 6) is -0.641. The molecule has 0 saturated heterocycles. The first-order valence-electron chi connectivity index (χ1n) is 8.53. The van der Waals surface area contributed by atoms with Crippen molar-refractivity contribution >= 4 is 34.0 Å². The third kappa shape index (κ3) is 6.17. The van der Waals surface area contributed by atoms with Gasteiger partial charge in [0.15, 0.2) is 0 Å². The van der Waals surface area contributed by atoms with Crippen molar-refractivity contribution in [2.24, 2.45) is 0 Å². The number of urea groups is 1. The molecule has 1 aromatic carbocycles. The molecule has 0 unspecified atom stereocenters. The van der Waals surface area contributed by atoms with Gasteiger partial charge < -0.3 is 14.2 Å². The lowest BCUT2D eigenvalue weighted by Gasteiger charge is -2.11. The number of esters is 1. The summed E-state index contributed by atoms with van der Waals surface area (Å²) in [5, 5.41) is 2.20. The highest BCUT2D eigenvalue weighted by Crippen LogP contribution is 2.19. The molecule has 0 saturated carbocycles. The molecule has 0 fully saturated rings. The Morgan fingerprint density at radius 3 is 2.33 bits per heavy atom. The molecule has 1 heterocycles. The number of nitrogens with one attached hydrogen (secondary N) is 2. The number of ether oxygens (including phenoxy) is 3. The fourth-order valence-electron chi connectivity index (χ4n) is 2.18. The van der Waals surface area contributed by atoms with Crippen LogP contribution in [-0.2, 0) is 19.6 Å². The van der Waals surface area contributed by atoms with E-state index in [1.807, 2.05) is 4.72 Å². The maximum absolute atomic E-state index is 12.7. The minimum Gasteiger partial charge on any atom is -0.481 e. The van der Waals surface area contributed by atoms with Crippen LogP contribution in [0.5, 0.6) is 11.8 Å². The molecule has 160 valence electrons. The minimum atomic E-state index is -4.29. The lowest BCUT2D eigenvalue weighted by molar-refractivity contribution is -0.137. The van der Waals surface area contributed by atoms with Gasteiger partial charge in [-0.1, -0.05) is 18.2 Å². The smallest absolute Gasteiger partial charge is 0.335 e. The summed E-state index contributed by atoms with van der Waals surface area (Å²) < 4.78 is 41.9. The van der Waals surface area contributed by atoms with Gasteiger partial charge in [-0.3, -0.25) is 5.32 Å². The number of benzene rings is 1. The Labute approximate surface area is 173 Å². The van der Waals surface area contributed by atoms with Gasteiger partial charge in [0.05, 0.1) is 31.8 Å². The summed E-state index contributed by atoms with van der Waals surface area (Å²) in [6.45, 7) is 1.83. The Balaban J connectivity index is 2.21. The molecule has 30 heavy (non-hydrogen) atoms. The molecule has 0 aliphatic rings. The number of aromatic nitrogens is 2. The first-order chi connectivity index (χ1) is 14.3. The highest BCUT2D eigenvalue weighted by molar-refractivity contribution is 7.90. The third-order valence-electron chi connectivity index (χ3n) is 3.44. The normalized spacial score (nSPS) is 11.0.